The molecule has 0 aromatic heterocycles. The van der Waals surface area contributed by atoms with E-state index < -0.39 is 54.3 Å². The van der Waals surface area contributed by atoms with E-state index in [1.54, 1.807) is 6.92 Å². The Morgan fingerprint density at radius 3 is 2.16 bits per heavy atom. The van der Waals surface area contributed by atoms with Gasteiger partial charge in [0.15, 0.2) is 0 Å². The number of hydrogen-bond acceptors (Lipinski definition) is 6. The SMILES string of the molecule is CCC(C)C(NC(=O)C1CCCN1C(=O)C1CCCN1C(=O)C(N)CC(=O)O)C(=O)O. The highest BCUT2D eigenvalue weighted by molar-refractivity contribution is 5.95. The molecule has 0 aliphatic carbocycles. The molecule has 11 heteroatoms. The van der Waals surface area contributed by atoms with Crippen molar-refractivity contribution in [1.29, 1.82) is 0 Å². The zero-order valence-corrected chi connectivity index (χ0v) is 18.0. The summed E-state index contributed by atoms with van der Waals surface area (Å²) in [5.41, 5.74) is 5.70. The van der Waals surface area contributed by atoms with Crippen LogP contribution in [0.2, 0.25) is 0 Å². The molecule has 0 bridgehead atoms. The lowest BCUT2D eigenvalue weighted by molar-refractivity contribution is -0.149. The van der Waals surface area contributed by atoms with E-state index in [0.717, 1.165) is 0 Å². The van der Waals surface area contributed by atoms with Gasteiger partial charge in [0.05, 0.1) is 12.5 Å². The van der Waals surface area contributed by atoms with E-state index in [0.29, 0.717) is 45.2 Å². The number of carboxylic acid groups (broad SMARTS) is 2. The molecule has 5 unspecified atom stereocenters. The van der Waals surface area contributed by atoms with Crippen molar-refractivity contribution in [3.63, 3.8) is 0 Å². The maximum Gasteiger partial charge on any atom is 0.326 e. The Labute approximate surface area is 180 Å². The number of likely N-dealkylation sites (tertiary alicyclic amines) is 2. The fraction of sp³-hybridized carbons (Fsp3) is 0.750. The van der Waals surface area contributed by atoms with Crippen LogP contribution in [0, 0.1) is 5.92 Å². The van der Waals surface area contributed by atoms with E-state index in [-0.39, 0.29) is 11.8 Å². The third-order valence-corrected chi connectivity index (χ3v) is 6.15. The molecule has 0 saturated carbocycles. The molecular weight excluding hydrogens is 408 g/mol. The molecule has 0 radical (unpaired) electrons. The Bertz CT molecular complexity index is 728. The van der Waals surface area contributed by atoms with Crippen LogP contribution >= 0.6 is 0 Å². The van der Waals surface area contributed by atoms with Gasteiger partial charge in [-0.3, -0.25) is 19.2 Å². The first-order valence-electron chi connectivity index (χ1n) is 10.7. The van der Waals surface area contributed by atoms with E-state index >= 15 is 0 Å². The molecule has 5 atom stereocenters. The number of nitrogens with two attached hydrogens (primary N) is 1. The van der Waals surface area contributed by atoms with E-state index in [9.17, 15) is 29.1 Å². The Morgan fingerprint density at radius 2 is 1.61 bits per heavy atom. The van der Waals surface area contributed by atoms with Crippen LogP contribution in [0.3, 0.4) is 0 Å². The summed E-state index contributed by atoms with van der Waals surface area (Å²) in [5.74, 6) is -4.10. The first kappa shape index (κ1) is 24.6. The Kier molecular flexibility index (Phi) is 8.37. The normalized spacial score (nSPS) is 23.8. The number of aliphatic carboxylic acids is 2. The average Bonchev–Trinajstić information content (AvgIpc) is 3.39. The first-order chi connectivity index (χ1) is 14.6. The van der Waals surface area contributed by atoms with Crippen LogP contribution in [0.1, 0.15) is 52.4 Å². The molecule has 2 fully saturated rings. The molecule has 2 heterocycles. The molecule has 174 valence electrons. The monoisotopic (exact) mass is 440 g/mol. The van der Waals surface area contributed by atoms with Crippen LogP contribution in [0.5, 0.6) is 0 Å². The number of carbonyl (C=O) groups excluding carboxylic acids is 3. The van der Waals surface area contributed by atoms with Gasteiger partial charge in [0.1, 0.15) is 18.1 Å². The molecule has 11 nitrogen and oxygen atoms in total. The number of nitrogens with one attached hydrogen (secondary N) is 1. The molecular formula is C20H32N4O7. The van der Waals surface area contributed by atoms with Gasteiger partial charge in [0, 0.05) is 13.1 Å². The third kappa shape index (κ3) is 5.72. The lowest BCUT2D eigenvalue weighted by Crippen LogP contribution is -2.57. The summed E-state index contributed by atoms with van der Waals surface area (Å²) in [6.45, 7) is 4.19. The Hall–Kier alpha value is -2.69. The summed E-state index contributed by atoms with van der Waals surface area (Å²) in [7, 11) is 0. The van der Waals surface area contributed by atoms with Crippen molar-refractivity contribution in [2.24, 2.45) is 11.7 Å². The zero-order valence-electron chi connectivity index (χ0n) is 18.0. The lowest BCUT2D eigenvalue weighted by atomic mass is 9.98. The number of carboxylic acids is 2. The van der Waals surface area contributed by atoms with Gasteiger partial charge in [-0.05, 0) is 31.6 Å². The molecule has 2 aliphatic heterocycles. The van der Waals surface area contributed by atoms with Gasteiger partial charge in [0.2, 0.25) is 17.7 Å². The first-order valence-corrected chi connectivity index (χ1v) is 10.7. The molecule has 3 amide bonds. The topological polar surface area (TPSA) is 170 Å². The smallest absolute Gasteiger partial charge is 0.326 e. The average molecular weight is 440 g/mol. The quantitative estimate of drug-likeness (QED) is 0.368. The third-order valence-electron chi connectivity index (χ3n) is 6.15. The second-order valence-corrected chi connectivity index (χ2v) is 8.29. The van der Waals surface area contributed by atoms with Crippen molar-refractivity contribution >= 4 is 29.7 Å². The number of rotatable bonds is 9. The summed E-state index contributed by atoms with van der Waals surface area (Å²) < 4.78 is 0. The fourth-order valence-corrected chi connectivity index (χ4v) is 4.20. The maximum atomic E-state index is 13.2. The van der Waals surface area contributed by atoms with Crippen molar-refractivity contribution in [3.05, 3.63) is 0 Å². The van der Waals surface area contributed by atoms with Crippen LogP contribution in [-0.2, 0) is 24.0 Å². The van der Waals surface area contributed by atoms with E-state index in [1.165, 1.54) is 9.80 Å². The van der Waals surface area contributed by atoms with Crippen molar-refractivity contribution in [1.82, 2.24) is 15.1 Å². The number of hydrogen-bond donors (Lipinski definition) is 4. The largest absolute Gasteiger partial charge is 0.481 e. The van der Waals surface area contributed by atoms with Gasteiger partial charge in [0.25, 0.3) is 0 Å². The number of carbonyl (C=O) groups is 5. The summed E-state index contributed by atoms with van der Waals surface area (Å²) in [5, 5.41) is 20.9. The highest BCUT2D eigenvalue weighted by Gasteiger charge is 2.43. The van der Waals surface area contributed by atoms with Gasteiger partial charge in [-0.1, -0.05) is 20.3 Å². The van der Waals surface area contributed by atoms with E-state index in [1.807, 2.05) is 6.92 Å². The molecule has 31 heavy (non-hydrogen) atoms. The van der Waals surface area contributed by atoms with Gasteiger partial charge < -0.3 is 31.1 Å². The van der Waals surface area contributed by atoms with Crippen LogP contribution in [0.4, 0.5) is 0 Å². The lowest BCUT2D eigenvalue weighted by Gasteiger charge is -2.32. The van der Waals surface area contributed by atoms with Crippen LogP contribution in [-0.4, -0.2) is 86.9 Å². The Balaban J connectivity index is 2.11. The minimum absolute atomic E-state index is 0.273. The van der Waals surface area contributed by atoms with E-state index in [4.69, 9.17) is 10.8 Å². The molecule has 0 aromatic rings. The number of nitrogens with zero attached hydrogens (tertiary/aromatic N) is 2. The fourth-order valence-electron chi connectivity index (χ4n) is 4.20. The van der Waals surface area contributed by atoms with Gasteiger partial charge in [-0.25, -0.2) is 4.79 Å². The van der Waals surface area contributed by atoms with Crippen molar-refractivity contribution in [3.8, 4) is 0 Å². The van der Waals surface area contributed by atoms with Crippen LogP contribution < -0.4 is 11.1 Å². The highest BCUT2D eigenvalue weighted by atomic mass is 16.4. The van der Waals surface area contributed by atoms with Gasteiger partial charge >= 0.3 is 11.9 Å². The molecule has 2 rings (SSSR count). The van der Waals surface area contributed by atoms with Crippen LogP contribution in [0.25, 0.3) is 0 Å². The molecule has 2 saturated heterocycles. The molecule has 0 spiro atoms. The summed E-state index contributed by atoms with van der Waals surface area (Å²) in [6, 6.07) is -3.89. The highest BCUT2D eigenvalue weighted by Crippen LogP contribution is 2.26. The second-order valence-electron chi connectivity index (χ2n) is 8.29. The standard InChI is InChI=1S/C20H32N4O7/c1-3-11(2)16(20(30)31)22-17(27)13-6-4-8-23(13)19(29)14-7-5-9-24(14)18(28)12(21)10-15(25)26/h11-14,16H,3-10,21H2,1-2H3,(H,22,27)(H,25,26)(H,30,31). The maximum absolute atomic E-state index is 13.2. The summed E-state index contributed by atoms with van der Waals surface area (Å²) in [4.78, 5) is 63.7. The predicted molar refractivity (Wildman–Crippen MR) is 109 cm³/mol. The Morgan fingerprint density at radius 1 is 1.03 bits per heavy atom. The predicted octanol–water partition coefficient (Wildman–Crippen LogP) is -0.614. The van der Waals surface area contributed by atoms with E-state index in [2.05, 4.69) is 5.32 Å². The molecule has 2 aliphatic rings. The van der Waals surface area contributed by atoms with Crippen LogP contribution in [0.15, 0.2) is 0 Å². The van der Waals surface area contributed by atoms with Gasteiger partial charge in [-0.2, -0.15) is 0 Å². The second kappa shape index (κ2) is 10.6. The summed E-state index contributed by atoms with van der Waals surface area (Å²) >= 11 is 0. The zero-order chi connectivity index (χ0) is 23.3. The number of amides is 3. The van der Waals surface area contributed by atoms with Crippen molar-refractivity contribution < 1.29 is 34.2 Å². The molecule has 5 N–H and O–H groups in total. The summed E-state index contributed by atoms with van der Waals surface area (Å²) in [6.07, 6.45) is 2.01. The van der Waals surface area contributed by atoms with Crippen molar-refractivity contribution in [2.45, 2.75) is 76.5 Å². The molecule has 0 aromatic carbocycles. The van der Waals surface area contributed by atoms with Gasteiger partial charge in [-0.15, -0.1) is 0 Å². The minimum atomic E-state index is -1.24. The minimum Gasteiger partial charge on any atom is -0.481 e. The van der Waals surface area contributed by atoms with Crippen molar-refractivity contribution in [2.75, 3.05) is 13.1 Å².